The summed E-state index contributed by atoms with van der Waals surface area (Å²) in [7, 11) is 0. The maximum atomic E-state index is 12.0. The lowest BCUT2D eigenvalue weighted by molar-refractivity contribution is 0.101. The molecule has 1 amide bonds. The lowest BCUT2D eigenvalue weighted by Gasteiger charge is -2.06. The van der Waals surface area contributed by atoms with Crippen LogP contribution in [0.15, 0.2) is 24.8 Å². The summed E-state index contributed by atoms with van der Waals surface area (Å²) >= 11 is 0. The Bertz CT molecular complexity index is 521. The van der Waals surface area contributed by atoms with Gasteiger partial charge in [-0.2, -0.15) is 5.10 Å². The fraction of sp³-hybridized carbons (Fsp3) is 0.200. The van der Waals surface area contributed by atoms with Gasteiger partial charge in [0.25, 0.3) is 5.91 Å². The molecule has 7 heteroatoms. The van der Waals surface area contributed by atoms with Crippen molar-refractivity contribution in [3.8, 4) is 0 Å². The van der Waals surface area contributed by atoms with Gasteiger partial charge in [0.1, 0.15) is 5.69 Å². The molecular weight excluding hydrogens is 220 g/mol. The minimum atomic E-state index is -0.345. The number of rotatable bonds is 3. The van der Waals surface area contributed by atoms with Gasteiger partial charge in [-0.05, 0) is 6.92 Å². The Morgan fingerprint density at radius 2 is 2.29 bits per heavy atom. The van der Waals surface area contributed by atoms with E-state index in [2.05, 4.69) is 20.4 Å². The maximum Gasteiger partial charge on any atom is 0.277 e. The fourth-order valence-corrected chi connectivity index (χ4v) is 1.43. The van der Waals surface area contributed by atoms with Crippen LogP contribution in [0.3, 0.4) is 0 Å². The second kappa shape index (κ2) is 4.60. The summed E-state index contributed by atoms with van der Waals surface area (Å²) in [5.74, 6) is 0.0307. The summed E-state index contributed by atoms with van der Waals surface area (Å²) < 4.78 is 1.53. The molecule has 0 spiro atoms. The number of amides is 1. The van der Waals surface area contributed by atoms with Crippen LogP contribution >= 0.6 is 0 Å². The monoisotopic (exact) mass is 232 g/mol. The van der Waals surface area contributed by atoms with Crippen LogP contribution in [0.4, 0.5) is 11.5 Å². The molecule has 0 atom stereocenters. The maximum absolute atomic E-state index is 12.0. The van der Waals surface area contributed by atoms with E-state index in [4.69, 9.17) is 5.73 Å². The van der Waals surface area contributed by atoms with Gasteiger partial charge in [0.15, 0.2) is 5.82 Å². The Labute approximate surface area is 97.7 Å². The van der Waals surface area contributed by atoms with Crippen molar-refractivity contribution in [3.05, 3.63) is 30.5 Å². The van der Waals surface area contributed by atoms with Crippen molar-refractivity contribution in [1.29, 1.82) is 0 Å². The first-order valence-electron chi connectivity index (χ1n) is 5.11. The summed E-state index contributed by atoms with van der Waals surface area (Å²) in [6, 6.07) is 0. The first-order chi connectivity index (χ1) is 8.22. The molecule has 0 aliphatic carbocycles. The van der Waals surface area contributed by atoms with Gasteiger partial charge in [0, 0.05) is 18.9 Å². The van der Waals surface area contributed by atoms with Gasteiger partial charge in [0.05, 0.1) is 18.1 Å². The van der Waals surface area contributed by atoms with E-state index in [1.165, 1.54) is 29.5 Å². The number of aromatic nitrogens is 4. The topological polar surface area (TPSA) is 98.7 Å². The van der Waals surface area contributed by atoms with Crippen LogP contribution in [0.1, 0.15) is 17.4 Å². The summed E-state index contributed by atoms with van der Waals surface area (Å²) in [4.78, 5) is 19.8. The number of hydrogen-bond donors (Lipinski definition) is 2. The van der Waals surface area contributed by atoms with E-state index >= 15 is 0 Å². The predicted molar refractivity (Wildman–Crippen MR) is 62.3 cm³/mol. The van der Waals surface area contributed by atoms with E-state index < -0.39 is 0 Å². The second-order valence-corrected chi connectivity index (χ2v) is 3.31. The van der Waals surface area contributed by atoms with Crippen LogP contribution in [-0.4, -0.2) is 25.7 Å². The van der Waals surface area contributed by atoms with Gasteiger partial charge >= 0.3 is 0 Å². The Morgan fingerprint density at radius 3 is 2.94 bits per heavy atom. The number of nitrogens with one attached hydrogen (secondary N) is 1. The zero-order chi connectivity index (χ0) is 12.3. The Balaban J connectivity index is 2.23. The van der Waals surface area contributed by atoms with Gasteiger partial charge in [-0.25, -0.2) is 4.98 Å². The molecule has 0 saturated heterocycles. The number of nitrogens with zero attached hydrogens (tertiary/aromatic N) is 4. The minimum absolute atomic E-state index is 0.332. The number of anilines is 2. The predicted octanol–water partition coefficient (Wildman–Crippen LogP) is 0.528. The lowest BCUT2D eigenvalue weighted by atomic mass is 10.3. The zero-order valence-electron chi connectivity index (χ0n) is 9.29. The lowest BCUT2D eigenvalue weighted by Crippen LogP contribution is -2.19. The fourth-order valence-electron chi connectivity index (χ4n) is 1.43. The average molecular weight is 232 g/mol. The molecule has 0 aromatic carbocycles. The molecule has 2 heterocycles. The third kappa shape index (κ3) is 2.22. The highest BCUT2D eigenvalue weighted by atomic mass is 16.2. The highest BCUT2D eigenvalue weighted by molar-refractivity contribution is 6.05. The molecule has 2 rings (SSSR count). The SMILES string of the molecule is CCn1ncc(N)c1C(=O)Nc1cnccn1. The van der Waals surface area contributed by atoms with E-state index in [-0.39, 0.29) is 5.91 Å². The van der Waals surface area contributed by atoms with Crippen LogP contribution < -0.4 is 11.1 Å². The van der Waals surface area contributed by atoms with E-state index in [1.54, 1.807) is 0 Å². The number of carbonyl (C=O) groups is 1. The largest absolute Gasteiger partial charge is 0.396 e. The third-order valence-electron chi connectivity index (χ3n) is 2.19. The van der Waals surface area contributed by atoms with Crippen molar-refractivity contribution < 1.29 is 4.79 Å². The highest BCUT2D eigenvalue weighted by Gasteiger charge is 2.16. The molecule has 3 N–H and O–H groups in total. The van der Waals surface area contributed by atoms with Crippen LogP contribution in [0.2, 0.25) is 0 Å². The molecule has 7 nitrogen and oxygen atoms in total. The van der Waals surface area contributed by atoms with Crippen molar-refractivity contribution >= 4 is 17.4 Å². The molecule has 0 bridgehead atoms. The number of nitrogen functional groups attached to an aromatic ring is 1. The summed E-state index contributed by atoms with van der Waals surface area (Å²) in [5, 5.41) is 6.60. The Morgan fingerprint density at radius 1 is 1.47 bits per heavy atom. The van der Waals surface area contributed by atoms with E-state index in [0.29, 0.717) is 23.7 Å². The minimum Gasteiger partial charge on any atom is -0.396 e. The molecule has 0 unspecified atom stereocenters. The average Bonchev–Trinajstić information content (AvgIpc) is 2.71. The number of nitrogens with two attached hydrogens (primary N) is 1. The number of hydrogen-bond acceptors (Lipinski definition) is 5. The van der Waals surface area contributed by atoms with Crippen LogP contribution in [0, 0.1) is 0 Å². The molecular formula is C10H12N6O. The molecule has 88 valence electrons. The van der Waals surface area contributed by atoms with Crippen molar-refractivity contribution in [2.75, 3.05) is 11.1 Å². The molecule has 0 aliphatic rings. The van der Waals surface area contributed by atoms with Crippen LogP contribution in [0.5, 0.6) is 0 Å². The molecule has 0 radical (unpaired) electrons. The molecule has 2 aromatic rings. The van der Waals surface area contributed by atoms with Gasteiger partial charge < -0.3 is 11.1 Å². The van der Waals surface area contributed by atoms with Crippen molar-refractivity contribution in [2.24, 2.45) is 0 Å². The quantitative estimate of drug-likeness (QED) is 0.804. The standard InChI is InChI=1S/C10H12N6O/c1-2-16-9(7(11)5-14-16)10(17)15-8-6-12-3-4-13-8/h3-6H,2,11H2,1H3,(H,13,15,17). The van der Waals surface area contributed by atoms with Gasteiger partial charge in [-0.1, -0.05) is 0 Å². The first-order valence-corrected chi connectivity index (χ1v) is 5.11. The normalized spacial score (nSPS) is 10.2. The van der Waals surface area contributed by atoms with Gasteiger partial charge in [-0.3, -0.25) is 14.5 Å². The Kier molecular flexibility index (Phi) is 2.99. The van der Waals surface area contributed by atoms with Gasteiger partial charge in [0.2, 0.25) is 0 Å². The van der Waals surface area contributed by atoms with E-state index in [9.17, 15) is 4.79 Å². The van der Waals surface area contributed by atoms with Crippen molar-refractivity contribution in [3.63, 3.8) is 0 Å². The highest BCUT2D eigenvalue weighted by Crippen LogP contribution is 2.12. The molecule has 0 saturated carbocycles. The number of aryl methyl sites for hydroxylation is 1. The first kappa shape index (κ1) is 11.1. The second-order valence-electron chi connectivity index (χ2n) is 3.31. The van der Waals surface area contributed by atoms with Crippen LogP contribution in [-0.2, 0) is 6.54 Å². The smallest absolute Gasteiger partial charge is 0.277 e. The number of carbonyl (C=O) groups excluding carboxylic acids is 1. The Hall–Kier alpha value is -2.44. The summed E-state index contributed by atoms with van der Waals surface area (Å²) in [5.41, 5.74) is 6.36. The van der Waals surface area contributed by atoms with Gasteiger partial charge in [-0.15, -0.1) is 0 Å². The third-order valence-corrected chi connectivity index (χ3v) is 2.19. The van der Waals surface area contributed by atoms with E-state index in [1.807, 2.05) is 6.92 Å². The van der Waals surface area contributed by atoms with Crippen molar-refractivity contribution in [2.45, 2.75) is 13.5 Å². The molecule has 17 heavy (non-hydrogen) atoms. The molecule has 2 aromatic heterocycles. The summed E-state index contributed by atoms with van der Waals surface area (Å²) in [6.07, 6.45) is 5.94. The molecule has 0 aliphatic heterocycles. The van der Waals surface area contributed by atoms with E-state index in [0.717, 1.165) is 0 Å². The zero-order valence-corrected chi connectivity index (χ0v) is 9.29. The van der Waals surface area contributed by atoms with Crippen LogP contribution in [0.25, 0.3) is 0 Å². The summed E-state index contributed by atoms with van der Waals surface area (Å²) in [6.45, 7) is 2.45. The molecule has 0 fully saturated rings. The van der Waals surface area contributed by atoms with Crippen molar-refractivity contribution in [1.82, 2.24) is 19.7 Å².